The molecule has 0 unspecified atom stereocenters. The molecule has 0 atom stereocenters. The standard InChI is InChI=1S/C6H12NOP/c7-6(9-8)4-2-1-3-5-6/h1-5,7H2. The molecule has 0 radical (unpaired) electrons. The molecule has 2 nitrogen and oxygen atoms in total. The molecule has 0 amide bonds. The van der Waals surface area contributed by atoms with Gasteiger partial charge in [-0.2, -0.15) is 0 Å². The van der Waals surface area contributed by atoms with E-state index in [9.17, 15) is 4.57 Å². The summed E-state index contributed by atoms with van der Waals surface area (Å²) in [5.41, 5.74) is 5.73. The smallest absolute Gasteiger partial charge is 0.177 e. The molecule has 3 heteroatoms. The molecule has 0 heterocycles. The van der Waals surface area contributed by atoms with Crippen LogP contribution in [0.2, 0.25) is 0 Å². The van der Waals surface area contributed by atoms with E-state index in [2.05, 4.69) is 0 Å². The van der Waals surface area contributed by atoms with E-state index in [1.807, 2.05) is 0 Å². The van der Waals surface area contributed by atoms with E-state index < -0.39 is 0 Å². The van der Waals surface area contributed by atoms with Crippen LogP contribution in [0.3, 0.4) is 0 Å². The first-order chi connectivity index (χ1) is 4.27. The molecule has 0 saturated heterocycles. The predicted molar refractivity (Wildman–Crippen MR) is 37.6 cm³/mol. The summed E-state index contributed by atoms with van der Waals surface area (Å²) in [5.74, 6) is 0. The van der Waals surface area contributed by atoms with Crippen LogP contribution >= 0.6 is 8.46 Å². The fraction of sp³-hybridized carbons (Fsp3) is 1.00. The minimum atomic E-state index is -0.363. The van der Waals surface area contributed by atoms with E-state index in [-0.39, 0.29) is 13.7 Å². The van der Waals surface area contributed by atoms with E-state index in [1.54, 1.807) is 0 Å². The average Bonchev–Trinajstić information content (AvgIpc) is 1.90. The first-order valence-electron chi connectivity index (χ1n) is 3.40. The van der Waals surface area contributed by atoms with Gasteiger partial charge in [-0.05, 0) is 12.8 Å². The monoisotopic (exact) mass is 145 g/mol. The second kappa shape index (κ2) is 2.76. The van der Waals surface area contributed by atoms with Crippen LogP contribution in [-0.4, -0.2) is 5.28 Å². The highest BCUT2D eigenvalue weighted by Gasteiger charge is 2.27. The first kappa shape index (κ1) is 7.17. The van der Waals surface area contributed by atoms with Gasteiger partial charge in [0.25, 0.3) is 0 Å². The normalized spacial score (nSPS) is 26.3. The highest BCUT2D eigenvalue weighted by molar-refractivity contribution is 7.25. The van der Waals surface area contributed by atoms with Crippen LogP contribution in [0.4, 0.5) is 0 Å². The Morgan fingerprint density at radius 1 is 1.22 bits per heavy atom. The third-order valence-corrected chi connectivity index (χ3v) is 2.71. The Hall–Kier alpha value is 0.0600. The summed E-state index contributed by atoms with van der Waals surface area (Å²) in [5, 5.41) is -0.363. The quantitative estimate of drug-likeness (QED) is 0.572. The lowest BCUT2D eigenvalue weighted by atomic mass is 9.96. The molecule has 1 aliphatic carbocycles. The van der Waals surface area contributed by atoms with Gasteiger partial charge in [0, 0.05) is 0 Å². The van der Waals surface area contributed by atoms with Crippen molar-refractivity contribution in [3.8, 4) is 0 Å². The van der Waals surface area contributed by atoms with Crippen molar-refractivity contribution in [1.29, 1.82) is 0 Å². The summed E-state index contributed by atoms with van der Waals surface area (Å²) in [6, 6.07) is 0. The molecule has 0 spiro atoms. The van der Waals surface area contributed by atoms with Crippen LogP contribution in [0.1, 0.15) is 32.1 Å². The highest BCUT2D eigenvalue weighted by Crippen LogP contribution is 2.33. The minimum absolute atomic E-state index is 0.132. The van der Waals surface area contributed by atoms with Gasteiger partial charge in [0.15, 0.2) is 8.46 Å². The summed E-state index contributed by atoms with van der Waals surface area (Å²) >= 11 is 0. The maximum atomic E-state index is 10.5. The molecular weight excluding hydrogens is 133 g/mol. The largest absolute Gasteiger partial charge is 0.316 e. The zero-order valence-electron chi connectivity index (χ0n) is 5.47. The van der Waals surface area contributed by atoms with Crippen molar-refractivity contribution < 1.29 is 4.57 Å². The van der Waals surface area contributed by atoms with Crippen molar-refractivity contribution in [1.82, 2.24) is 0 Å². The molecule has 0 aliphatic heterocycles. The number of hydrogen-bond acceptors (Lipinski definition) is 2. The van der Waals surface area contributed by atoms with Gasteiger partial charge in [-0.15, -0.1) is 0 Å². The number of hydrogen-bond donors (Lipinski definition) is 1. The molecule has 9 heavy (non-hydrogen) atoms. The highest BCUT2D eigenvalue weighted by atomic mass is 31.1. The second-order valence-corrected chi connectivity index (χ2v) is 3.83. The molecule has 1 saturated carbocycles. The molecule has 0 aromatic carbocycles. The Morgan fingerprint density at radius 3 is 2.11 bits per heavy atom. The van der Waals surface area contributed by atoms with Crippen LogP contribution < -0.4 is 5.73 Å². The van der Waals surface area contributed by atoms with E-state index in [4.69, 9.17) is 5.73 Å². The summed E-state index contributed by atoms with van der Waals surface area (Å²) < 4.78 is 10.5. The number of rotatable bonds is 1. The van der Waals surface area contributed by atoms with Gasteiger partial charge >= 0.3 is 0 Å². The molecular formula is C6H12NOP. The van der Waals surface area contributed by atoms with Gasteiger partial charge in [0.1, 0.15) is 0 Å². The third-order valence-electron chi connectivity index (χ3n) is 1.90. The Labute approximate surface area is 57.0 Å². The van der Waals surface area contributed by atoms with Gasteiger partial charge in [0.2, 0.25) is 0 Å². The van der Waals surface area contributed by atoms with Crippen molar-refractivity contribution in [3.05, 3.63) is 0 Å². The summed E-state index contributed by atoms with van der Waals surface area (Å²) in [7, 11) is 0.132. The molecule has 0 aromatic rings. The van der Waals surface area contributed by atoms with Gasteiger partial charge in [-0.3, -0.25) is 4.57 Å². The summed E-state index contributed by atoms with van der Waals surface area (Å²) in [4.78, 5) is 0. The van der Waals surface area contributed by atoms with Crippen LogP contribution in [0.25, 0.3) is 0 Å². The molecule has 0 bridgehead atoms. The van der Waals surface area contributed by atoms with Crippen molar-refractivity contribution in [3.63, 3.8) is 0 Å². The maximum Gasteiger partial charge on any atom is 0.177 e. The molecule has 1 rings (SSSR count). The molecule has 1 aliphatic rings. The Balaban J connectivity index is 2.46. The van der Waals surface area contributed by atoms with E-state index in [0.29, 0.717) is 0 Å². The molecule has 52 valence electrons. The lowest BCUT2D eigenvalue weighted by molar-refractivity contribution is 0.393. The lowest BCUT2D eigenvalue weighted by Crippen LogP contribution is -2.35. The fourth-order valence-corrected chi connectivity index (χ4v) is 1.75. The summed E-state index contributed by atoms with van der Waals surface area (Å²) in [6.07, 6.45) is 5.40. The maximum absolute atomic E-state index is 10.5. The van der Waals surface area contributed by atoms with Gasteiger partial charge in [0.05, 0.1) is 5.28 Å². The van der Waals surface area contributed by atoms with Gasteiger partial charge in [-0.25, -0.2) is 0 Å². The Bertz CT molecular complexity index is 110. The topological polar surface area (TPSA) is 43.1 Å². The van der Waals surface area contributed by atoms with Crippen molar-refractivity contribution >= 4 is 8.46 Å². The zero-order valence-corrected chi connectivity index (χ0v) is 6.36. The van der Waals surface area contributed by atoms with Crippen LogP contribution in [0, 0.1) is 0 Å². The Kier molecular flexibility index (Phi) is 2.20. The minimum Gasteiger partial charge on any atom is -0.316 e. The van der Waals surface area contributed by atoms with Crippen molar-refractivity contribution in [2.75, 3.05) is 0 Å². The van der Waals surface area contributed by atoms with E-state index in [1.165, 1.54) is 6.42 Å². The van der Waals surface area contributed by atoms with Crippen molar-refractivity contribution in [2.45, 2.75) is 37.4 Å². The van der Waals surface area contributed by atoms with Gasteiger partial charge in [-0.1, -0.05) is 19.3 Å². The van der Waals surface area contributed by atoms with Gasteiger partial charge < -0.3 is 5.73 Å². The average molecular weight is 145 g/mol. The van der Waals surface area contributed by atoms with Crippen molar-refractivity contribution in [2.24, 2.45) is 5.73 Å². The molecule has 2 N–H and O–H groups in total. The second-order valence-electron chi connectivity index (χ2n) is 2.76. The SMILES string of the molecule is NC1(P=O)CCCCC1. The van der Waals surface area contributed by atoms with E-state index >= 15 is 0 Å². The Morgan fingerprint density at radius 2 is 1.78 bits per heavy atom. The predicted octanol–water partition coefficient (Wildman–Crippen LogP) is 1.90. The van der Waals surface area contributed by atoms with E-state index in [0.717, 1.165) is 25.7 Å². The molecule has 0 aromatic heterocycles. The van der Waals surface area contributed by atoms with Crippen LogP contribution in [-0.2, 0) is 4.57 Å². The van der Waals surface area contributed by atoms with Crippen LogP contribution in [0.15, 0.2) is 0 Å². The number of nitrogens with two attached hydrogens (primary N) is 1. The zero-order chi connectivity index (χ0) is 6.74. The fourth-order valence-electron chi connectivity index (χ4n) is 1.26. The summed E-state index contributed by atoms with van der Waals surface area (Å²) in [6.45, 7) is 0. The lowest BCUT2D eigenvalue weighted by Gasteiger charge is -2.25. The molecule has 1 fully saturated rings. The van der Waals surface area contributed by atoms with Crippen LogP contribution in [0.5, 0.6) is 0 Å². The first-order valence-corrected chi connectivity index (χ1v) is 4.21. The third kappa shape index (κ3) is 1.74.